The average molecular weight is 420 g/mol. The van der Waals surface area contributed by atoms with E-state index in [9.17, 15) is 9.18 Å². The smallest absolute Gasteiger partial charge is 0.242 e. The standard InChI is InChI=1S/C22H21FN6O2/c1-31-15-6-4-5-13(11-15)19-27-20-16-9-8-14(23)12-18(16)26-22(29(20)28-19)25-17-7-2-3-10-24-21(17)30/h4-6,8-9,11-12,17H,2-3,7,10H2,1H3,(H,24,30)(H,25,26)/t17-/m0/s1. The first-order chi connectivity index (χ1) is 15.1. The molecule has 1 amide bonds. The molecule has 2 aromatic heterocycles. The van der Waals surface area contributed by atoms with Crippen LogP contribution in [0.25, 0.3) is 27.9 Å². The van der Waals surface area contributed by atoms with Gasteiger partial charge in [0.25, 0.3) is 0 Å². The molecule has 158 valence electrons. The fourth-order valence-electron chi connectivity index (χ4n) is 3.79. The van der Waals surface area contributed by atoms with E-state index in [4.69, 9.17) is 9.72 Å². The molecule has 3 heterocycles. The molecule has 0 bridgehead atoms. The van der Waals surface area contributed by atoms with Crippen LogP contribution in [0.2, 0.25) is 0 Å². The van der Waals surface area contributed by atoms with Gasteiger partial charge in [-0.1, -0.05) is 12.1 Å². The van der Waals surface area contributed by atoms with E-state index in [0.29, 0.717) is 47.0 Å². The minimum absolute atomic E-state index is 0.0834. The Morgan fingerprint density at radius 2 is 2.10 bits per heavy atom. The first-order valence-corrected chi connectivity index (χ1v) is 10.2. The number of nitrogens with zero attached hydrogens (tertiary/aromatic N) is 4. The lowest BCUT2D eigenvalue weighted by Crippen LogP contribution is -2.38. The van der Waals surface area contributed by atoms with E-state index < -0.39 is 11.9 Å². The summed E-state index contributed by atoms with van der Waals surface area (Å²) < 4.78 is 20.8. The van der Waals surface area contributed by atoms with Gasteiger partial charge in [-0.3, -0.25) is 4.79 Å². The molecule has 0 spiro atoms. The quantitative estimate of drug-likeness (QED) is 0.527. The molecule has 2 aromatic carbocycles. The molecule has 1 aliphatic heterocycles. The molecule has 0 unspecified atom stereocenters. The minimum Gasteiger partial charge on any atom is -0.497 e. The van der Waals surface area contributed by atoms with Gasteiger partial charge in [0.1, 0.15) is 17.6 Å². The van der Waals surface area contributed by atoms with Crippen molar-refractivity contribution >= 4 is 28.4 Å². The lowest BCUT2D eigenvalue weighted by Gasteiger charge is -2.16. The molecule has 8 nitrogen and oxygen atoms in total. The van der Waals surface area contributed by atoms with Gasteiger partial charge < -0.3 is 15.4 Å². The number of methoxy groups -OCH3 is 1. The van der Waals surface area contributed by atoms with E-state index in [0.717, 1.165) is 18.4 Å². The first-order valence-electron chi connectivity index (χ1n) is 10.2. The number of carbonyl (C=O) groups is 1. The van der Waals surface area contributed by atoms with Gasteiger partial charge in [-0.05, 0) is 43.5 Å². The van der Waals surface area contributed by atoms with E-state index in [1.54, 1.807) is 17.7 Å². The normalized spacial score (nSPS) is 16.8. The Morgan fingerprint density at radius 3 is 2.97 bits per heavy atom. The summed E-state index contributed by atoms with van der Waals surface area (Å²) in [6, 6.07) is 11.3. The second-order valence-corrected chi connectivity index (χ2v) is 7.48. The van der Waals surface area contributed by atoms with Gasteiger partial charge in [0.2, 0.25) is 11.9 Å². The highest BCUT2D eigenvalue weighted by atomic mass is 19.1. The summed E-state index contributed by atoms with van der Waals surface area (Å²) in [5, 5.41) is 11.4. The summed E-state index contributed by atoms with van der Waals surface area (Å²) in [7, 11) is 1.60. The van der Waals surface area contributed by atoms with Crippen molar-refractivity contribution in [3.63, 3.8) is 0 Å². The predicted molar refractivity (Wildman–Crippen MR) is 115 cm³/mol. The van der Waals surface area contributed by atoms with Crippen LogP contribution in [0.3, 0.4) is 0 Å². The molecule has 1 atom stereocenters. The zero-order valence-corrected chi connectivity index (χ0v) is 16.9. The number of amides is 1. The highest BCUT2D eigenvalue weighted by Gasteiger charge is 2.23. The SMILES string of the molecule is COc1cccc(-c2nc3c4ccc(F)cc4nc(N[C@H]4CCCCNC4=O)n3n2)c1. The second-order valence-electron chi connectivity index (χ2n) is 7.48. The molecule has 9 heteroatoms. The number of anilines is 1. The molecular weight excluding hydrogens is 399 g/mol. The van der Waals surface area contributed by atoms with E-state index >= 15 is 0 Å². The fourth-order valence-corrected chi connectivity index (χ4v) is 3.79. The van der Waals surface area contributed by atoms with Gasteiger partial charge in [0.05, 0.1) is 12.6 Å². The number of benzene rings is 2. The zero-order valence-electron chi connectivity index (χ0n) is 16.9. The van der Waals surface area contributed by atoms with E-state index in [1.165, 1.54) is 12.1 Å². The van der Waals surface area contributed by atoms with Gasteiger partial charge in [-0.2, -0.15) is 4.52 Å². The summed E-state index contributed by atoms with van der Waals surface area (Å²) in [6.45, 7) is 0.659. The third kappa shape index (κ3) is 3.63. The predicted octanol–water partition coefficient (Wildman–Crippen LogP) is 3.17. The molecule has 0 radical (unpaired) electrons. The van der Waals surface area contributed by atoms with Gasteiger partial charge in [-0.15, -0.1) is 5.10 Å². The number of aromatic nitrogens is 4. The van der Waals surface area contributed by atoms with Crippen LogP contribution >= 0.6 is 0 Å². The van der Waals surface area contributed by atoms with E-state index in [2.05, 4.69) is 20.7 Å². The van der Waals surface area contributed by atoms with Crippen molar-refractivity contribution < 1.29 is 13.9 Å². The number of fused-ring (bicyclic) bond motifs is 3. The number of rotatable bonds is 4. The van der Waals surface area contributed by atoms with Gasteiger partial charge in [0.15, 0.2) is 11.5 Å². The molecule has 4 aromatic rings. The van der Waals surface area contributed by atoms with E-state index in [1.807, 2.05) is 24.3 Å². The largest absolute Gasteiger partial charge is 0.497 e. The molecule has 2 N–H and O–H groups in total. The summed E-state index contributed by atoms with van der Waals surface area (Å²) in [5.74, 6) is 1.03. The Kier molecular flexibility index (Phi) is 4.85. The first kappa shape index (κ1) is 19.2. The summed E-state index contributed by atoms with van der Waals surface area (Å²) in [4.78, 5) is 21.7. The summed E-state index contributed by atoms with van der Waals surface area (Å²) in [5.41, 5.74) is 1.74. The van der Waals surface area contributed by atoms with Crippen LogP contribution in [-0.4, -0.2) is 45.2 Å². The Morgan fingerprint density at radius 1 is 1.19 bits per heavy atom. The third-order valence-corrected chi connectivity index (χ3v) is 5.40. The Hall–Kier alpha value is -3.75. The lowest BCUT2D eigenvalue weighted by molar-refractivity contribution is -0.121. The highest BCUT2D eigenvalue weighted by molar-refractivity contribution is 5.93. The maximum atomic E-state index is 13.9. The van der Waals surface area contributed by atoms with Crippen molar-refractivity contribution in [1.29, 1.82) is 0 Å². The molecular formula is C22H21FN6O2. The second kappa shape index (κ2) is 7.82. The maximum absolute atomic E-state index is 13.9. The number of hydrogen-bond donors (Lipinski definition) is 2. The molecule has 0 saturated carbocycles. The molecule has 31 heavy (non-hydrogen) atoms. The van der Waals surface area contributed by atoms with Crippen LogP contribution in [0.15, 0.2) is 42.5 Å². The molecule has 5 rings (SSSR count). The van der Waals surface area contributed by atoms with Crippen molar-refractivity contribution in [2.45, 2.75) is 25.3 Å². The highest BCUT2D eigenvalue weighted by Crippen LogP contribution is 2.27. The number of hydrogen-bond acceptors (Lipinski definition) is 6. The Labute approximate surface area is 177 Å². The number of ether oxygens (including phenoxy) is 1. The number of carbonyl (C=O) groups excluding carboxylic acids is 1. The molecule has 1 aliphatic rings. The number of nitrogens with one attached hydrogen (secondary N) is 2. The van der Waals surface area contributed by atoms with Crippen molar-refractivity contribution in [2.75, 3.05) is 19.0 Å². The lowest BCUT2D eigenvalue weighted by atomic mass is 10.1. The van der Waals surface area contributed by atoms with E-state index in [-0.39, 0.29) is 5.91 Å². The average Bonchev–Trinajstić information content (AvgIpc) is 3.14. The zero-order chi connectivity index (χ0) is 21.4. The van der Waals surface area contributed by atoms with Crippen LogP contribution in [-0.2, 0) is 4.79 Å². The minimum atomic E-state index is -0.450. The van der Waals surface area contributed by atoms with Crippen LogP contribution in [0, 0.1) is 5.82 Å². The molecule has 1 saturated heterocycles. The van der Waals surface area contributed by atoms with Crippen LogP contribution in [0.4, 0.5) is 10.3 Å². The van der Waals surface area contributed by atoms with Crippen molar-refractivity contribution in [2.24, 2.45) is 0 Å². The van der Waals surface area contributed by atoms with Crippen LogP contribution < -0.4 is 15.4 Å². The van der Waals surface area contributed by atoms with Gasteiger partial charge in [-0.25, -0.2) is 14.4 Å². The van der Waals surface area contributed by atoms with Gasteiger partial charge >= 0.3 is 0 Å². The molecule has 1 fully saturated rings. The van der Waals surface area contributed by atoms with Crippen LogP contribution in [0.5, 0.6) is 5.75 Å². The van der Waals surface area contributed by atoms with Crippen molar-refractivity contribution in [1.82, 2.24) is 24.9 Å². The van der Waals surface area contributed by atoms with Crippen LogP contribution in [0.1, 0.15) is 19.3 Å². The summed E-state index contributed by atoms with van der Waals surface area (Å²) in [6.07, 6.45) is 2.51. The Balaban J connectivity index is 1.67. The fraction of sp³-hybridized carbons (Fsp3) is 0.273. The Bertz CT molecular complexity index is 1290. The monoisotopic (exact) mass is 420 g/mol. The third-order valence-electron chi connectivity index (χ3n) is 5.40. The number of halogens is 1. The maximum Gasteiger partial charge on any atom is 0.242 e. The van der Waals surface area contributed by atoms with Crippen molar-refractivity contribution in [3.05, 3.63) is 48.3 Å². The topological polar surface area (TPSA) is 93.4 Å². The van der Waals surface area contributed by atoms with Crippen molar-refractivity contribution in [3.8, 4) is 17.1 Å². The summed E-state index contributed by atoms with van der Waals surface area (Å²) >= 11 is 0. The van der Waals surface area contributed by atoms with Gasteiger partial charge in [0, 0.05) is 23.6 Å². The molecule has 0 aliphatic carbocycles.